The largest absolute Gasteiger partial charge is 0.362 e. The van der Waals surface area contributed by atoms with E-state index in [4.69, 9.17) is 9.29 Å². The number of hydrogen-bond donors (Lipinski definition) is 2. The molecule has 5 aromatic rings. The molecule has 0 aliphatic carbocycles. The molecule has 0 bridgehead atoms. The van der Waals surface area contributed by atoms with Gasteiger partial charge in [-0.15, -0.1) is 0 Å². The number of carbonyl (C=O) groups is 2. The number of ketones is 2. The van der Waals surface area contributed by atoms with Crippen molar-refractivity contribution in [2.24, 2.45) is 0 Å². The second kappa shape index (κ2) is 13.5. The van der Waals surface area contributed by atoms with E-state index < -0.39 is 20.9 Å². The number of methoxy groups -OCH3 is 1. The lowest BCUT2D eigenvalue weighted by Gasteiger charge is -2.29. The molecule has 8 nitrogen and oxygen atoms in total. The van der Waals surface area contributed by atoms with Crippen LogP contribution in [0.25, 0.3) is 22.2 Å². The third-order valence-electron chi connectivity index (χ3n) is 6.86. The van der Waals surface area contributed by atoms with Gasteiger partial charge in [-0.25, -0.2) is 4.98 Å². The second-order valence-electron chi connectivity index (χ2n) is 9.61. The van der Waals surface area contributed by atoms with Gasteiger partial charge >= 0.3 is 10.1 Å². The van der Waals surface area contributed by atoms with Gasteiger partial charge in [-0.05, 0) is 24.5 Å². The van der Waals surface area contributed by atoms with Crippen molar-refractivity contribution < 1.29 is 27.3 Å². The number of unbranched alkanes of at least 4 members (excludes halogenated alkanes) is 1. The summed E-state index contributed by atoms with van der Waals surface area (Å²) in [6.07, 6.45) is 2.00. The van der Waals surface area contributed by atoms with Gasteiger partial charge in [0.1, 0.15) is 0 Å². The molecule has 0 radical (unpaired) electrons. The van der Waals surface area contributed by atoms with Gasteiger partial charge in [0.15, 0.2) is 5.60 Å². The molecule has 0 aliphatic rings. The highest BCUT2D eigenvalue weighted by Crippen LogP contribution is 2.29. The molecule has 0 aliphatic heterocycles. The standard InChI is InChI=1S/C20H22O3.C13H10N2O3S/c1-3-4-15-20(23-2,18(21)16-11-7-5-8-12-16)19(22)17-13-9-6-10-14-17;16-19(17,18)13-14-11-8-4-7-10(12(11)15-13)9-5-2-1-3-6-9/h5-14H,3-4,15H2,1-2H3;1-8H,(H,14,15)(H,16,17,18). The molecule has 2 N–H and O–H groups in total. The minimum Gasteiger partial charge on any atom is -0.362 e. The van der Waals surface area contributed by atoms with E-state index in [0.717, 1.165) is 24.0 Å². The summed E-state index contributed by atoms with van der Waals surface area (Å²) in [6, 6.07) is 32.6. The molecule has 0 unspecified atom stereocenters. The fourth-order valence-corrected chi connectivity index (χ4v) is 5.12. The third-order valence-corrected chi connectivity index (χ3v) is 7.54. The van der Waals surface area contributed by atoms with Crippen LogP contribution < -0.4 is 0 Å². The predicted octanol–water partition coefficient (Wildman–Crippen LogP) is 6.80. The highest BCUT2D eigenvalue weighted by atomic mass is 32.2. The minimum absolute atomic E-state index is 0.275. The third kappa shape index (κ3) is 6.71. The Kier molecular flexibility index (Phi) is 9.80. The number of rotatable bonds is 10. The van der Waals surface area contributed by atoms with Gasteiger partial charge in [-0.3, -0.25) is 14.1 Å². The lowest BCUT2D eigenvalue weighted by molar-refractivity contribution is 0.00383. The fraction of sp³-hybridized carbons (Fsp3) is 0.182. The molecule has 42 heavy (non-hydrogen) atoms. The van der Waals surface area contributed by atoms with Crippen LogP contribution in [0.4, 0.5) is 0 Å². The maximum Gasteiger partial charge on any atom is 0.328 e. The van der Waals surface area contributed by atoms with Crippen molar-refractivity contribution in [1.82, 2.24) is 9.97 Å². The lowest BCUT2D eigenvalue weighted by Crippen LogP contribution is -2.48. The summed E-state index contributed by atoms with van der Waals surface area (Å²) in [5.74, 6) is -0.550. The summed E-state index contributed by atoms with van der Waals surface area (Å²) < 4.78 is 36.8. The van der Waals surface area contributed by atoms with Crippen molar-refractivity contribution in [3.8, 4) is 11.1 Å². The van der Waals surface area contributed by atoms with Crippen LogP contribution >= 0.6 is 0 Å². The number of hydrogen-bond acceptors (Lipinski definition) is 6. The van der Waals surface area contributed by atoms with Crippen LogP contribution in [0.1, 0.15) is 46.9 Å². The molecule has 9 heteroatoms. The van der Waals surface area contributed by atoms with E-state index in [0.29, 0.717) is 28.6 Å². The normalized spacial score (nSPS) is 11.5. The van der Waals surface area contributed by atoms with Gasteiger partial charge in [-0.2, -0.15) is 8.42 Å². The Morgan fingerprint density at radius 3 is 1.81 bits per heavy atom. The fourth-order valence-electron chi connectivity index (χ4n) is 4.67. The van der Waals surface area contributed by atoms with Crippen molar-refractivity contribution in [3.63, 3.8) is 0 Å². The van der Waals surface area contributed by atoms with Gasteiger partial charge < -0.3 is 9.72 Å². The van der Waals surface area contributed by atoms with Crippen LogP contribution in [-0.2, 0) is 14.9 Å². The molecular weight excluding hydrogens is 552 g/mol. The zero-order valence-corrected chi connectivity index (χ0v) is 24.2. The number of fused-ring (bicyclic) bond motifs is 1. The van der Waals surface area contributed by atoms with E-state index in [1.54, 1.807) is 60.7 Å². The first-order valence-electron chi connectivity index (χ1n) is 13.5. The number of aromatic nitrogens is 2. The number of nitrogens with one attached hydrogen (secondary N) is 1. The summed E-state index contributed by atoms with van der Waals surface area (Å²) in [4.78, 5) is 32.7. The molecule has 1 heterocycles. The number of carbonyl (C=O) groups excluding carboxylic acids is 2. The highest BCUT2D eigenvalue weighted by molar-refractivity contribution is 7.85. The lowest BCUT2D eigenvalue weighted by atomic mass is 9.81. The van der Waals surface area contributed by atoms with Crippen molar-refractivity contribution >= 4 is 32.7 Å². The number of nitrogens with zero attached hydrogens (tertiary/aromatic N) is 1. The van der Waals surface area contributed by atoms with E-state index in [9.17, 15) is 18.0 Å². The molecule has 0 saturated carbocycles. The van der Waals surface area contributed by atoms with Crippen LogP contribution in [0.2, 0.25) is 0 Å². The molecule has 216 valence electrons. The molecule has 1 aromatic heterocycles. The zero-order chi connectivity index (χ0) is 30.2. The average molecular weight is 585 g/mol. The zero-order valence-electron chi connectivity index (χ0n) is 23.4. The number of para-hydroxylation sites is 1. The highest BCUT2D eigenvalue weighted by Gasteiger charge is 2.46. The number of Topliss-reactive ketones (excluding diaryl/α,β-unsaturated/α-hetero) is 2. The Labute approximate surface area is 245 Å². The Balaban J connectivity index is 0.000000196. The minimum atomic E-state index is -4.33. The Morgan fingerprint density at radius 1 is 0.810 bits per heavy atom. The van der Waals surface area contributed by atoms with Crippen LogP contribution in [0, 0.1) is 0 Å². The molecular formula is C33H32N2O6S. The van der Waals surface area contributed by atoms with Crippen molar-refractivity contribution in [2.45, 2.75) is 36.9 Å². The van der Waals surface area contributed by atoms with E-state index in [1.165, 1.54) is 7.11 Å². The topological polar surface area (TPSA) is 126 Å². The van der Waals surface area contributed by atoms with Gasteiger partial charge in [0.2, 0.25) is 11.6 Å². The number of aromatic amines is 1. The maximum absolute atomic E-state index is 13.1. The summed E-state index contributed by atoms with van der Waals surface area (Å²) in [5.41, 5.74) is 2.35. The molecule has 4 aromatic carbocycles. The first-order valence-corrected chi connectivity index (χ1v) is 14.9. The van der Waals surface area contributed by atoms with Gasteiger partial charge in [-0.1, -0.05) is 116 Å². The van der Waals surface area contributed by atoms with Gasteiger partial charge in [0, 0.05) is 23.8 Å². The molecule has 5 rings (SSSR count). The molecule has 0 amide bonds. The molecule has 0 fully saturated rings. The Hall–Kier alpha value is -4.44. The van der Waals surface area contributed by atoms with Crippen LogP contribution in [0.3, 0.4) is 0 Å². The van der Waals surface area contributed by atoms with E-state index in [-0.39, 0.29) is 11.6 Å². The van der Waals surface area contributed by atoms with E-state index >= 15 is 0 Å². The summed E-state index contributed by atoms with van der Waals surface area (Å²) in [6.45, 7) is 2.03. The molecule has 0 spiro atoms. The number of ether oxygens (including phenoxy) is 1. The average Bonchev–Trinajstić information content (AvgIpc) is 3.49. The van der Waals surface area contributed by atoms with Crippen LogP contribution in [-0.4, -0.2) is 47.2 Å². The SMILES string of the molecule is CCCCC(OC)(C(=O)c1ccccc1)C(=O)c1ccccc1.O=S(=O)(O)c1nc2c(-c3ccccc3)cccc2[nH]1. The first-order chi connectivity index (χ1) is 20.2. The van der Waals surface area contributed by atoms with Gasteiger partial charge in [0.25, 0.3) is 5.16 Å². The van der Waals surface area contributed by atoms with Crippen LogP contribution in [0.15, 0.2) is 114 Å². The summed E-state index contributed by atoms with van der Waals surface area (Å²) in [7, 11) is -2.89. The van der Waals surface area contributed by atoms with Crippen molar-refractivity contribution in [2.75, 3.05) is 7.11 Å². The summed E-state index contributed by atoms with van der Waals surface area (Å²) in [5, 5.41) is -0.439. The van der Waals surface area contributed by atoms with Crippen LogP contribution in [0.5, 0.6) is 0 Å². The Bertz CT molecular complexity index is 1700. The number of imidazole rings is 1. The molecule has 0 saturated heterocycles. The van der Waals surface area contributed by atoms with Crippen molar-refractivity contribution in [3.05, 3.63) is 120 Å². The summed E-state index contributed by atoms with van der Waals surface area (Å²) >= 11 is 0. The number of benzene rings is 4. The predicted molar refractivity (Wildman–Crippen MR) is 162 cm³/mol. The monoisotopic (exact) mass is 584 g/mol. The second-order valence-corrected chi connectivity index (χ2v) is 10.9. The van der Waals surface area contributed by atoms with Gasteiger partial charge in [0.05, 0.1) is 11.0 Å². The van der Waals surface area contributed by atoms with E-state index in [1.807, 2.05) is 55.5 Å². The number of H-pyrrole nitrogens is 1. The quantitative estimate of drug-likeness (QED) is 0.105. The molecule has 0 atom stereocenters. The maximum atomic E-state index is 13.1. The van der Waals surface area contributed by atoms with E-state index in [2.05, 4.69) is 9.97 Å². The first kappa shape index (κ1) is 30.5. The smallest absolute Gasteiger partial charge is 0.328 e. The van der Waals surface area contributed by atoms with Crippen molar-refractivity contribution in [1.29, 1.82) is 0 Å². The Morgan fingerprint density at radius 2 is 1.33 bits per heavy atom.